The smallest absolute Gasteiger partial charge is 0.350 e. The summed E-state index contributed by atoms with van der Waals surface area (Å²) in [5.74, 6) is 0.0557. The molecule has 3 aromatic carbocycles. The van der Waals surface area contributed by atoms with E-state index in [0.717, 1.165) is 29.6 Å². The molecule has 1 aliphatic rings. The van der Waals surface area contributed by atoms with E-state index in [0.29, 0.717) is 11.9 Å². The Labute approximate surface area is 254 Å². The minimum Gasteiger partial charge on any atom is -0.350 e. The molecule has 0 aliphatic carbocycles. The second kappa shape index (κ2) is 11.4. The number of alkyl halides is 3. The Morgan fingerprint density at radius 3 is 2.32 bits per heavy atom. The van der Waals surface area contributed by atoms with Crippen LogP contribution in [0.15, 0.2) is 102 Å². The normalized spacial score (nSPS) is 17.5. The molecule has 1 N–H and O–H groups in total. The molecule has 0 radical (unpaired) electrons. The van der Waals surface area contributed by atoms with Gasteiger partial charge in [-0.1, -0.05) is 66.7 Å². The van der Waals surface area contributed by atoms with Crippen molar-refractivity contribution in [2.45, 2.75) is 55.9 Å². The van der Waals surface area contributed by atoms with Crippen LogP contribution >= 0.6 is 0 Å². The molecule has 3 heterocycles. The quantitative estimate of drug-likeness (QED) is 0.207. The number of fused-ring (bicyclic) bond motifs is 1. The molecule has 5 aromatic rings. The highest BCUT2D eigenvalue weighted by Crippen LogP contribution is 2.40. The van der Waals surface area contributed by atoms with Gasteiger partial charge in [0.25, 0.3) is 10.0 Å². The van der Waals surface area contributed by atoms with Crippen LogP contribution in [0.3, 0.4) is 0 Å². The lowest BCUT2D eigenvalue weighted by atomic mass is 9.87. The summed E-state index contributed by atoms with van der Waals surface area (Å²) in [6.45, 7) is 5.77. The summed E-state index contributed by atoms with van der Waals surface area (Å²) in [6, 6.07) is 24.3. The predicted molar refractivity (Wildman–Crippen MR) is 165 cm³/mol. The van der Waals surface area contributed by atoms with E-state index >= 15 is 0 Å². The average molecular weight is 620 g/mol. The van der Waals surface area contributed by atoms with Crippen molar-refractivity contribution in [2.24, 2.45) is 0 Å². The number of halogens is 3. The van der Waals surface area contributed by atoms with E-state index in [1.807, 2.05) is 18.2 Å². The fraction of sp³-hybridized carbons (Fsp3) is 0.273. The van der Waals surface area contributed by atoms with Crippen LogP contribution in [-0.2, 0) is 22.7 Å². The Morgan fingerprint density at radius 2 is 1.61 bits per heavy atom. The van der Waals surface area contributed by atoms with Crippen molar-refractivity contribution in [3.05, 3.63) is 108 Å². The number of benzene rings is 3. The molecule has 1 aliphatic heterocycles. The number of para-hydroxylation sites is 1. The number of rotatable bonds is 7. The molecule has 6 rings (SSSR count). The van der Waals surface area contributed by atoms with Gasteiger partial charge in [-0.25, -0.2) is 22.4 Å². The first-order chi connectivity index (χ1) is 20.9. The Hall–Kier alpha value is -4.22. The molecular formula is C33H32F3N5O2S. The number of anilines is 1. The van der Waals surface area contributed by atoms with Crippen molar-refractivity contribution < 1.29 is 21.6 Å². The molecular weight excluding hydrogens is 587 g/mol. The van der Waals surface area contributed by atoms with Gasteiger partial charge in [-0.05, 0) is 50.5 Å². The van der Waals surface area contributed by atoms with Gasteiger partial charge in [0.1, 0.15) is 5.56 Å². The lowest BCUT2D eigenvalue weighted by Gasteiger charge is -2.45. The third kappa shape index (κ3) is 5.81. The number of hydrogen-bond acceptors (Lipinski definition) is 6. The molecule has 44 heavy (non-hydrogen) atoms. The van der Waals surface area contributed by atoms with Crippen LogP contribution < -0.4 is 5.32 Å². The number of aromatic nitrogens is 3. The van der Waals surface area contributed by atoms with Crippen LogP contribution in [-0.4, -0.2) is 45.4 Å². The minimum absolute atomic E-state index is 0.0219. The first-order valence-electron chi connectivity index (χ1n) is 14.3. The zero-order valence-corrected chi connectivity index (χ0v) is 25.1. The van der Waals surface area contributed by atoms with Crippen molar-refractivity contribution in [2.75, 3.05) is 11.9 Å². The van der Waals surface area contributed by atoms with E-state index in [4.69, 9.17) is 0 Å². The van der Waals surface area contributed by atoms with Gasteiger partial charge in [0.15, 0.2) is 0 Å². The van der Waals surface area contributed by atoms with E-state index in [2.05, 4.69) is 46.2 Å². The van der Waals surface area contributed by atoms with Crippen LogP contribution in [0.1, 0.15) is 37.8 Å². The minimum atomic E-state index is -4.77. The van der Waals surface area contributed by atoms with Gasteiger partial charge in [-0.15, -0.1) is 0 Å². The number of piperidine rings is 1. The first-order valence-corrected chi connectivity index (χ1v) is 15.8. The van der Waals surface area contributed by atoms with Gasteiger partial charge in [0.2, 0.25) is 5.95 Å². The molecule has 1 unspecified atom stereocenters. The fourth-order valence-electron chi connectivity index (χ4n) is 5.78. The van der Waals surface area contributed by atoms with Crippen molar-refractivity contribution in [3.8, 4) is 11.3 Å². The van der Waals surface area contributed by atoms with Gasteiger partial charge in [-0.2, -0.15) is 13.2 Å². The summed E-state index contributed by atoms with van der Waals surface area (Å²) < 4.78 is 71.3. The second-order valence-corrected chi connectivity index (χ2v) is 13.5. The Kier molecular flexibility index (Phi) is 7.71. The molecule has 0 saturated carbocycles. The number of nitrogens with zero attached hydrogens (tertiary/aromatic N) is 4. The summed E-state index contributed by atoms with van der Waals surface area (Å²) in [5, 5.41) is 3.61. The van der Waals surface area contributed by atoms with Gasteiger partial charge < -0.3 is 5.32 Å². The number of hydrogen-bond donors (Lipinski definition) is 1. The standard InChI is InChI=1S/C33H32F3N5O2S/c1-32(2)18-17-24(21-40(32)20-23-11-5-3-6-12-23)38-31-37-19-28(33(34,35)36)30(39-31)27-22-41(29-16-10-9-15-26(27)29)44(42,43)25-13-7-4-8-14-25/h3-16,19,22,24H,17-18,20-21H2,1-2H3,(H,37,38,39). The largest absolute Gasteiger partial charge is 0.419 e. The molecule has 1 saturated heterocycles. The van der Waals surface area contributed by atoms with E-state index in [1.54, 1.807) is 42.5 Å². The van der Waals surface area contributed by atoms with Crippen LogP contribution in [0.4, 0.5) is 19.1 Å². The van der Waals surface area contributed by atoms with E-state index in [1.165, 1.54) is 23.9 Å². The topological polar surface area (TPSA) is 80.1 Å². The van der Waals surface area contributed by atoms with Gasteiger partial charge >= 0.3 is 6.18 Å². The van der Waals surface area contributed by atoms with E-state index in [-0.39, 0.29) is 39.2 Å². The molecule has 0 spiro atoms. The maximum Gasteiger partial charge on any atom is 0.419 e. The Morgan fingerprint density at radius 1 is 0.955 bits per heavy atom. The summed E-state index contributed by atoms with van der Waals surface area (Å²) in [4.78, 5) is 10.8. The van der Waals surface area contributed by atoms with Crippen LogP contribution in [0.2, 0.25) is 0 Å². The molecule has 11 heteroatoms. The molecule has 1 atom stereocenters. The molecule has 0 amide bonds. The zero-order chi connectivity index (χ0) is 31.1. The molecule has 228 valence electrons. The van der Waals surface area contributed by atoms with Gasteiger partial charge in [-0.3, -0.25) is 4.90 Å². The molecule has 1 fully saturated rings. The lowest BCUT2D eigenvalue weighted by molar-refractivity contribution is -0.137. The summed E-state index contributed by atoms with van der Waals surface area (Å²) in [6.07, 6.45) is -1.12. The summed E-state index contributed by atoms with van der Waals surface area (Å²) in [7, 11) is -4.11. The molecule has 2 aromatic heterocycles. The van der Waals surface area contributed by atoms with Crippen molar-refractivity contribution in [3.63, 3.8) is 0 Å². The van der Waals surface area contributed by atoms with Crippen molar-refractivity contribution >= 4 is 26.9 Å². The van der Waals surface area contributed by atoms with E-state index < -0.39 is 21.8 Å². The average Bonchev–Trinajstić information content (AvgIpc) is 3.40. The zero-order valence-electron chi connectivity index (χ0n) is 24.3. The highest BCUT2D eigenvalue weighted by Gasteiger charge is 2.38. The monoisotopic (exact) mass is 619 g/mol. The van der Waals surface area contributed by atoms with Crippen molar-refractivity contribution in [1.82, 2.24) is 18.8 Å². The summed E-state index contributed by atoms with van der Waals surface area (Å²) >= 11 is 0. The third-order valence-electron chi connectivity index (χ3n) is 8.28. The SMILES string of the molecule is CC1(C)CCC(Nc2ncc(C(F)(F)F)c(-c3cn(S(=O)(=O)c4ccccc4)c4ccccc34)n2)CN1Cc1ccccc1. The second-order valence-electron chi connectivity index (χ2n) is 11.7. The number of nitrogens with one attached hydrogen (secondary N) is 1. The van der Waals surface area contributed by atoms with Crippen LogP contribution in [0.25, 0.3) is 22.2 Å². The highest BCUT2D eigenvalue weighted by molar-refractivity contribution is 7.90. The fourth-order valence-corrected chi connectivity index (χ4v) is 7.17. The maximum atomic E-state index is 14.3. The van der Waals surface area contributed by atoms with E-state index in [9.17, 15) is 21.6 Å². The van der Waals surface area contributed by atoms with Gasteiger partial charge in [0, 0.05) is 48.0 Å². The maximum absolute atomic E-state index is 14.3. The number of likely N-dealkylation sites (tertiary alicyclic amines) is 1. The Bertz CT molecular complexity index is 1890. The highest BCUT2D eigenvalue weighted by atomic mass is 32.2. The lowest BCUT2D eigenvalue weighted by Crippen LogP contribution is -2.53. The Balaban J connectivity index is 1.38. The van der Waals surface area contributed by atoms with Crippen LogP contribution in [0, 0.1) is 0 Å². The van der Waals surface area contributed by atoms with Gasteiger partial charge in [0.05, 0.1) is 16.1 Å². The third-order valence-corrected chi connectivity index (χ3v) is 9.97. The first kappa shape index (κ1) is 29.8. The molecule has 0 bridgehead atoms. The van der Waals surface area contributed by atoms with Crippen molar-refractivity contribution in [1.29, 1.82) is 0 Å². The van der Waals surface area contributed by atoms with Crippen LogP contribution in [0.5, 0.6) is 0 Å². The predicted octanol–water partition coefficient (Wildman–Crippen LogP) is 7.21. The molecule has 7 nitrogen and oxygen atoms in total. The summed E-state index contributed by atoms with van der Waals surface area (Å²) in [5.41, 5.74) is -0.0149.